The molecule has 0 unspecified atom stereocenters. The fourth-order valence-electron chi connectivity index (χ4n) is 1.97. The third-order valence-electron chi connectivity index (χ3n) is 2.95. The van der Waals surface area contributed by atoms with Crippen molar-refractivity contribution in [3.05, 3.63) is 28.8 Å². The molecule has 4 nitrogen and oxygen atoms in total. The molecular weight excluding hydrogens is 378 g/mol. The molecule has 0 radical (unpaired) electrons. The zero-order chi connectivity index (χ0) is 19.4. The van der Waals surface area contributed by atoms with E-state index in [0.29, 0.717) is 0 Å². The van der Waals surface area contributed by atoms with Gasteiger partial charge in [0, 0.05) is 5.46 Å². The van der Waals surface area contributed by atoms with Gasteiger partial charge in [-0.1, -0.05) is 0 Å². The highest BCUT2D eigenvalue weighted by atomic mass is 19.4. The minimum absolute atomic E-state index is 0.593. The van der Waals surface area contributed by atoms with Crippen LogP contribution in [0.2, 0.25) is 0 Å². The molecule has 2 rings (SSSR count). The van der Waals surface area contributed by atoms with Crippen LogP contribution in [0.1, 0.15) is 16.7 Å². The summed E-state index contributed by atoms with van der Waals surface area (Å²) < 4.78 is 124. The van der Waals surface area contributed by atoms with Gasteiger partial charge in [-0.25, -0.2) is 9.59 Å². The van der Waals surface area contributed by atoms with E-state index in [2.05, 4.69) is 9.31 Å². The molecule has 1 aliphatic rings. The molecule has 1 aromatic rings. The number of carbonyl (C=O) groups is 2. The van der Waals surface area contributed by atoms with Crippen LogP contribution in [-0.4, -0.2) is 19.1 Å². The van der Waals surface area contributed by atoms with Crippen LogP contribution in [0.15, 0.2) is 12.1 Å². The lowest BCUT2D eigenvalue weighted by Gasteiger charge is -2.21. The lowest BCUT2D eigenvalue weighted by molar-refractivity contribution is -0.150. The summed E-state index contributed by atoms with van der Waals surface area (Å²) >= 11 is 0. The van der Waals surface area contributed by atoms with Crippen LogP contribution in [0.3, 0.4) is 0 Å². The second-order valence-corrected chi connectivity index (χ2v) is 4.62. The average Bonchev–Trinajstić information content (AvgIpc) is 2.74. The summed E-state index contributed by atoms with van der Waals surface area (Å²) in [6.45, 7) is 0. The number of carbonyl (C=O) groups excluding carboxylic acids is 2. The molecule has 0 aliphatic carbocycles. The van der Waals surface area contributed by atoms with Gasteiger partial charge in [-0.05, 0) is 12.1 Å². The average molecular weight is 380 g/mol. The number of hydrogen-bond acceptors (Lipinski definition) is 4. The monoisotopic (exact) mass is 380 g/mol. The van der Waals surface area contributed by atoms with Gasteiger partial charge in [0.1, 0.15) is 0 Å². The quantitative estimate of drug-likeness (QED) is 0.427. The molecule has 1 fully saturated rings. The van der Waals surface area contributed by atoms with Crippen molar-refractivity contribution in [1.82, 2.24) is 0 Å². The zero-order valence-corrected chi connectivity index (χ0v) is 11.3. The predicted molar refractivity (Wildman–Crippen MR) is 59.0 cm³/mol. The van der Waals surface area contributed by atoms with Crippen molar-refractivity contribution in [1.29, 1.82) is 0 Å². The van der Waals surface area contributed by atoms with E-state index in [1.54, 1.807) is 0 Å². The Kier molecular flexibility index (Phi) is 4.21. The number of hydrogen-bond donors (Lipinski definition) is 0. The van der Waals surface area contributed by atoms with Crippen molar-refractivity contribution in [3.8, 4) is 0 Å². The largest absolute Gasteiger partial charge is 0.638 e. The Morgan fingerprint density at radius 1 is 0.680 bits per heavy atom. The highest BCUT2D eigenvalue weighted by Gasteiger charge is 2.53. The van der Waals surface area contributed by atoms with Crippen LogP contribution < -0.4 is 5.46 Å². The van der Waals surface area contributed by atoms with E-state index < -0.39 is 71.9 Å². The minimum atomic E-state index is -5.70. The van der Waals surface area contributed by atoms with Gasteiger partial charge in [0.15, 0.2) is 0 Å². The van der Waals surface area contributed by atoms with Crippen LogP contribution in [0.5, 0.6) is 0 Å². The molecule has 0 saturated carbocycles. The maximum atomic E-state index is 13.0. The zero-order valence-electron chi connectivity index (χ0n) is 11.3. The van der Waals surface area contributed by atoms with E-state index >= 15 is 0 Å². The lowest BCUT2D eigenvalue weighted by Crippen LogP contribution is -2.43. The Bertz CT molecular complexity index is 684. The van der Waals surface area contributed by atoms with Crippen molar-refractivity contribution in [3.63, 3.8) is 0 Å². The fraction of sp³-hybridized carbons (Fsp3) is 0.273. The summed E-state index contributed by atoms with van der Waals surface area (Å²) in [4.78, 5) is 21.7. The Labute approximate surface area is 131 Å². The van der Waals surface area contributed by atoms with Gasteiger partial charge in [0.05, 0.1) is 16.7 Å². The molecule has 0 bridgehead atoms. The first-order chi connectivity index (χ1) is 11.1. The first kappa shape index (κ1) is 18.9. The van der Waals surface area contributed by atoms with Gasteiger partial charge >= 0.3 is 37.6 Å². The Morgan fingerprint density at radius 3 is 1.32 bits per heavy atom. The molecule has 0 atom stereocenters. The van der Waals surface area contributed by atoms with Crippen molar-refractivity contribution in [2.24, 2.45) is 0 Å². The number of halogens is 9. The SMILES string of the molecule is O=C1OB(c2c(C(F)(F)F)cc(C(F)(F)F)cc2C(F)(F)F)OC1=O. The Balaban J connectivity index is 2.83. The van der Waals surface area contributed by atoms with E-state index in [9.17, 15) is 49.1 Å². The van der Waals surface area contributed by atoms with Crippen molar-refractivity contribution in [2.75, 3.05) is 0 Å². The maximum absolute atomic E-state index is 13.0. The third kappa shape index (κ3) is 3.66. The number of rotatable bonds is 1. The van der Waals surface area contributed by atoms with Crippen molar-refractivity contribution in [2.45, 2.75) is 18.5 Å². The molecule has 0 aromatic heterocycles. The Hall–Kier alpha value is -2.41. The summed E-state index contributed by atoms with van der Waals surface area (Å²) in [6.07, 6.45) is -16.9. The molecule has 1 saturated heterocycles. The van der Waals surface area contributed by atoms with E-state index in [0.717, 1.165) is 0 Å². The van der Waals surface area contributed by atoms with Crippen LogP contribution in [0.25, 0.3) is 0 Å². The summed E-state index contributed by atoms with van der Waals surface area (Å²) in [7, 11) is -2.78. The minimum Gasteiger partial charge on any atom is -0.487 e. The fourth-order valence-corrected chi connectivity index (χ4v) is 1.97. The number of alkyl halides is 9. The first-order valence-electron chi connectivity index (χ1n) is 5.93. The van der Waals surface area contributed by atoms with E-state index in [1.165, 1.54) is 0 Å². The molecule has 1 aromatic carbocycles. The molecule has 14 heteroatoms. The molecule has 1 heterocycles. The molecule has 0 N–H and O–H groups in total. The predicted octanol–water partition coefficient (Wildman–Crippen LogP) is 2.54. The van der Waals surface area contributed by atoms with Gasteiger partial charge in [-0.2, -0.15) is 39.5 Å². The van der Waals surface area contributed by atoms with E-state index in [4.69, 9.17) is 0 Å². The van der Waals surface area contributed by atoms with Gasteiger partial charge in [-0.15, -0.1) is 0 Å². The molecular formula is C11H2BF9O4. The second kappa shape index (κ2) is 5.56. The van der Waals surface area contributed by atoms with Crippen molar-refractivity contribution < 1.29 is 58.4 Å². The van der Waals surface area contributed by atoms with Gasteiger partial charge < -0.3 is 9.31 Å². The van der Waals surface area contributed by atoms with Crippen LogP contribution in [0.4, 0.5) is 39.5 Å². The second-order valence-electron chi connectivity index (χ2n) is 4.62. The summed E-state index contributed by atoms with van der Waals surface area (Å²) in [5, 5.41) is 0. The lowest BCUT2D eigenvalue weighted by atomic mass is 9.72. The first-order valence-corrected chi connectivity index (χ1v) is 5.93. The van der Waals surface area contributed by atoms with Crippen LogP contribution >= 0.6 is 0 Å². The molecule has 25 heavy (non-hydrogen) atoms. The number of benzene rings is 1. The van der Waals surface area contributed by atoms with E-state index in [1.807, 2.05) is 0 Å². The summed E-state index contributed by atoms with van der Waals surface area (Å²) in [5.74, 6) is -3.77. The van der Waals surface area contributed by atoms with Crippen LogP contribution in [-0.2, 0) is 37.4 Å². The van der Waals surface area contributed by atoms with Crippen LogP contribution in [0, 0.1) is 0 Å². The maximum Gasteiger partial charge on any atom is 0.638 e. The topological polar surface area (TPSA) is 52.6 Å². The van der Waals surface area contributed by atoms with E-state index in [-0.39, 0.29) is 0 Å². The van der Waals surface area contributed by atoms with Crippen molar-refractivity contribution >= 4 is 24.5 Å². The third-order valence-corrected chi connectivity index (χ3v) is 2.95. The van der Waals surface area contributed by atoms with Gasteiger partial charge in [0.25, 0.3) is 0 Å². The molecule has 1 aliphatic heterocycles. The summed E-state index contributed by atoms with van der Waals surface area (Å²) in [6, 6.07) is -1.19. The molecule has 0 amide bonds. The van der Waals surface area contributed by atoms with Gasteiger partial charge in [-0.3, -0.25) is 0 Å². The highest BCUT2D eigenvalue weighted by molar-refractivity contribution is 6.71. The molecule has 0 spiro atoms. The highest BCUT2D eigenvalue weighted by Crippen LogP contribution is 2.40. The standard InChI is InChI=1S/C11H2BF9O4/c13-9(14,15)3-1-4(10(16,17)18)6(5(2-3)11(19,20)21)12-24-7(22)8(23)25-12/h1-2H. The smallest absolute Gasteiger partial charge is 0.487 e. The molecule has 136 valence electrons. The van der Waals surface area contributed by atoms with Gasteiger partial charge in [0.2, 0.25) is 0 Å². The normalized spacial score (nSPS) is 16.1. The Morgan fingerprint density at radius 2 is 1.04 bits per heavy atom. The summed E-state index contributed by atoms with van der Waals surface area (Å²) in [5.41, 5.74) is -8.98.